The first-order valence-corrected chi connectivity index (χ1v) is 8.44. The van der Waals surface area contributed by atoms with E-state index in [2.05, 4.69) is 41.4 Å². The largest absolute Gasteiger partial charge is 0.338 e. The molecular weight excluding hydrogens is 322 g/mol. The second kappa shape index (κ2) is 7.60. The number of aromatic nitrogens is 2. The fourth-order valence-electron chi connectivity index (χ4n) is 2.44. The predicted octanol–water partition coefficient (Wildman–Crippen LogP) is 4.80. The summed E-state index contributed by atoms with van der Waals surface area (Å²) in [4.78, 5) is 4.45. The molecule has 124 valence electrons. The molecule has 0 fully saturated rings. The van der Waals surface area contributed by atoms with Crippen molar-refractivity contribution in [3.05, 3.63) is 70.6 Å². The number of hydrogen-bond acceptors (Lipinski definition) is 4. The Kier molecular flexibility index (Phi) is 5.28. The maximum absolute atomic E-state index is 5.92. The maximum atomic E-state index is 5.92. The van der Waals surface area contributed by atoms with Gasteiger partial charge in [-0.25, -0.2) is 0 Å². The number of hydrogen-bond donors (Lipinski definition) is 1. The molecule has 4 nitrogen and oxygen atoms in total. The molecule has 1 aromatic heterocycles. The third kappa shape index (κ3) is 4.02. The summed E-state index contributed by atoms with van der Waals surface area (Å²) in [7, 11) is 0. The van der Waals surface area contributed by atoms with E-state index in [4.69, 9.17) is 16.1 Å². The minimum atomic E-state index is 0.168. The van der Waals surface area contributed by atoms with Gasteiger partial charge in [-0.2, -0.15) is 4.98 Å². The Labute approximate surface area is 146 Å². The molecule has 0 bridgehead atoms. The Balaban J connectivity index is 1.62. The van der Waals surface area contributed by atoms with E-state index >= 15 is 0 Å². The molecule has 0 aliphatic heterocycles. The van der Waals surface area contributed by atoms with Gasteiger partial charge in [0.2, 0.25) is 11.7 Å². The average molecular weight is 342 g/mol. The van der Waals surface area contributed by atoms with Gasteiger partial charge in [0.25, 0.3) is 0 Å². The average Bonchev–Trinajstić information content (AvgIpc) is 3.09. The zero-order valence-corrected chi connectivity index (χ0v) is 14.5. The smallest absolute Gasteiger partial charge is 0.240 e. The van der Waals surface area contributed by atoms with Crippen molar-refractivity contribution in [2.45, 2.75) is 32.9 Å². The zero-order chi connectivity index (χ0) is 16.9. The van der Waals surface area contributed by atoms with Crippen LogP contribution >= 0.6 is 11.6 Å². The minimum absolute atomic E-state index is 0.168. The highest BCUT2D eigenvalue weighted by Crippen LogP contribution is 2.18. The van der Waals surface area contributed by atoms with E-state index in [1.54, 1.807) is 0 Å². The van der Waals surface area contributed by atoms with Crippen molar-refractivity contribution in [3.63, 3.8) is 0 Å². The second-order valence-electron chi connectivity index (χ2n) is 5.72. The highest BCUT2D eigenvalue weighted by atomic mass is 35.5. The molecule has 0 amide bonds. The molecule has 2 aromatic carbocycles. The zero-order valence-electron chi connectivity index (χ0n) is 13.8. The van der Waals surface area contributed by atoms with Crippen molar-refractivity contribution in [1.82, 2.24) is 15.5 Å². The molecule has 0 unspecified atom stereocenters. The molecule has 0 spiro atoms. The summed E-state index contributed by atoms with van der Waals surface area (Å²) >= 11 is 5.92. The maximum Gasteiger partial charge on any atom is 0.240 e. The van der Waals surface area contributed by atoms with E-state index in [9.17, 15) is 0 Å². The third-order valence-corrected chi connectivity index (χ3v) is 4.27. The lowest BCUT2D eigenvalue weighted by molar-refractivity contribution is 0.360. The van der Waals surface area contributed by atoms with Crippen LogP contribution in [0.4, 0.5) is 0 Å². The van der Waals surface area contributed by atoms with Gasteiger partial charge in [0.05, 0.1) is 6.54 Å². The van der Waals surface area contributed by atoms with Gasteiger partial charge in [-0.3, -0.25) is 0 Å². The van der Waals surface area contributed by atoms with Crippen molar-refractivity contribution >= 4 is 11.6 Å². The fraction of sp³-hybridized carbons (Fsp3) is 0.263. The summed E-state index contributed by atoms with van der Waals surface area (Å²) in [6.45, 7) is 4.74. The molecule has 5 heteroatoms. The minimum Gasteiger partial charge on any atom is -0.338 e. The van der Waals surface area contributed by atoms with Crippen molar-refractivity contribution in [3.8, 4) is 11.4 Å². The lowest BCUT2D eigenvalue weighted by atomic mass is 10.1. The van der Waals surface area contributed by atoms with E-state index in [-0.39, 0.29) is 6.04 Å². The second-order valence-corrected chi connectivity index (χ2v) is 6.15. The van der Waals surface area contributed by atoms with Crippen molar-refractivity contribution in [2.24, 2.45) is 0 Å². The van der Waals surface area contributed by atoms with E-state index in [1.165, 1.54) is 5.56 Å². The van der Waals surface area contributed by atoms with Crippen LogP contribution in [0.5, 0.6) is 0 Å². The summed E-state index contributed by atoms with van der Waals surface area (Å²) < 4.78 is 5.34. The van der Waals surface area contributed by atoms with Gasteiger partial charge in [0, 0.05) is 16.6 Å². The number of nitrogens with zero attached hydrogens (tertiary/aromatic N) is 2. The van der Waals surface area contributed by atoms with Crippen LogP contribution in [0.15, 0.2) is 53.1 Å². The van der Waals surface area contributed by atoms with Gasteiger partial charge in [-0.05, 0) is 36.6 Å². The molecule has 0 aliphatic rings. The normalized spacial score (nSPS) is 12.3. The molecule has 1 heterocycles. The summed E-state index contributed by atoms with van der Waals surface area (Å²) in [5, 5.41) is 8.18. The van der Waals surface area contributed by atoms with E-state index < -0.39 is 0 Å². The van der Waals surface area contributed by atoms with Gasteiger partial charge in [-0.15, -0.1) is 0 Å². The van der Waals surface area contributed by atoms with Crippen LogP contribution in [-0.2, 0) is 13.0 Å². The topological polar surface area (TPSA) is 51.0 Å². The monoisotopic (exact) mass is 341 g/mol. The van der Waals surface area contributed by atoms with Gasteiger partial charge >= 0.3 is 0 Å². The lowest BCUT2D eigenvalue weighted by Crippen LogP contribution is -2.18. The first-order valence-electron chi connectivity index (χ1n) is 8.06. The Morgan fingerprint density at radius 2 is 1.79 bits per heavy atom. The summed E-state index contributed by atoms with van der Waals surface area (Å²) in [6, 6.07) is 16.2. The molecule has 0 radical (unpaired) electrons. The molecule has 1 N–H and O–H groups in total. The molecular formula is C19H20ClN3O. The molecule has 3 rings (SSSR count). The van der Waals surface area contributed by atoms with Crippen molar-refractivity contribution in [1.29, 1.82) is 0 Å². The molecule has 0 aliphatic carbocycles. The van der Waals surface area contributed by atoms with Crippen LogP contribution in [0.2, 0.25) is 5.02 Å². The van der Waals surface area contributed by atoms with Gasteiger partial charge < -0.3 is 9.84 Å². The van der Waals surface area contributed by atoms with Crippen LogP contribution in [0.3, 0.4) is 0 Å². The molecule has 1 atom stereocenters. The Morgan fingerprint density at radius 1 is 1.08 bits per heavy atom. The summed E-state index contributed by atoms with van der Waals surface area (Å²) in [5.41, 5.74) is 3.42. The highest BCUT2D eigenvalue weighted by molar-refractivity contribution is 6.30. The quantitative estimate of drug-likeness (QED) is 0.699. The van der Waals surface area contributed by atoms with Crippen molar-refractivity contribution in [2.75, 3.05) is 0 Å². The third-order valence-electron chi connectivity index (χ3n) is 4.02. The molecule has 0 saturated carbocycles. The van der Waals surface area contributed by atoms with Gasteiger partial charge in [0.1, 0.15) is 0 Å². The number of benzene rings is 2. The van der Waals surface area contributed by atoms with E-state index in [0.717, 1.165) is 22.6 Å². The molecule has 0 saturated heterocycles. The highest BCUT2D eigenvalue weighted by Gasteiger charge is 2.11. The number of nitrogens with one attached hydrogen (secondary N) is 1. The number of rotatable bonds is 6. The van der Waals surface area contributed by atoms with Gasteiger partial charge in [-0.1, -0.05) is 60.1 Å². The first kappa shape index (κ1) is 16.7. The van der Waals surface area contributed by atoms with Crippen LogP contribution in [0.25, 0.3) is 11.4 Å². The van der Waals surface area contributed by atoms with E-state index in [0.29, 0.717) is 18.3 Å². The summed E-state index contributed by atoms with van der Waals surface area (Å²) in [5.74, 6) is 1.19. The Bertz CT molecular complexity index is 781. The summed E-state index contributed by atoms with van der Waals surface area (Å²) in [6.07, 6.45) is 1.02. The Hall–Kier alpha value is -2.17. The number of aryl methyl sites for hydroxylation is 1. The lowest BCUT2D eigenvalue weighted by Gasteiger charge is -2.12. The molecule has 24 heavy (non-hydrogen) atoms. The number of halogens is 1. The van der Waals surface area contributed by atoms with Crippen LogP contribution < -0.4 is 5.32 Å². The van der Waals surface area contributed by atoms with Crippen LogP contribution in [-0.4, -0.2) is 10.1 Å². The standard InChI is InChI=1S/C19H20ClN3O/c1-3-14-4-6-16(7-5-14)19-22-18(24-23-19)12-21-13(2)15-8-10-17(20)11-9-15/h4-11,13,21H,3,12H2,1-2H3/t13-/m0/s1. The van der Waals surface area contributed by atoms with Crippen molar-refractivity contribution < 1.29 is 4.52 Å². The van der Waals surface area contributed by atoms with E-state index in [1.807, 2.05) is 36.4 Å². The SMILES string of the molecule is CCc1ccc(-c2noc(CN[C@@H](C)c3ccc(Cl)cc3)n2)cc1. The first-order chi connectivity index (χ1) is 11.7. The fourth-order valence-corrected chi connectivity index (χ4v) is 2.57. The van der Waals surface area contributed by atoms with Crippen LogP contribution in [0, 0.1) is 0 Å². The van der Waals surface area contributed by atoms with Crippen LogP contribution in [0.1, 0.15) is 36.9 Å². The molecule has 3 aromatic rings. The Morgan fingerprint density at radius 3 is 2.46 bits per heavy atom. The van der Waals surface area contributed by atoms with Gasteiger partial charge in [0.15, 0.2) is 0 Å². The predicted molar refractivity (Wildman–Crippen MR) is 95.8 cm³/mol.